The molecule has 0 spiro atoms. The van der Waals surface area contributed by atoms with Crippen molar-refractivity contribution in [1.29, 1.82) is 0 Å². The molecule has 0 bridgehead atoms. The molecular weight excluding hydrogens is 308 g/mol. The minimum atomic E-state index is -0.145. The summed E-state index contributed by atoms with van der Waals surface area (Å²) in [6, 6.07) is 0.0686. The summed E-state index contributed by atoms with van der Waals surface area (Å²) in [5.41, 5.74) is 0.955. The molecular formula is C14H20N2O3S2. The molecule has 7 heteroatoms. The maximum atomic E-state index is 12.1. The van der Waals surface area contributed by atoms with Gasteiger partial charge < -0.3 is 15.0 Å². The first-order valence-electron chi connectivity index (χ1n) is 7.14. The van der Waals surface area contributed by atoms with Crippen LogP contribution in [0.25, 0.3) is 0 Å². The third-order valence-corrected chi connectivity index (χ3v) is 5.00. The summed E-state index contributed by atoms with van der Waals surface area (Å²) in [6.45, 7) is 4.13. The lowest BCUT2D eigenvalue weighted by Crippen LogP contribution is -2.34. The topological polar surface area (TPSA) is 71.2 Å². The summed E-state index contributed by atoms with van der Waals surface area (Å²) in [7, 11) is 0. The van der Waals surface area contributed by atoms with Crippen LogP contribution < -0.4 is 5.32 Å². The molecule has 2 atom stereocenters. The van der Waals surface area contributed by atoms with E-state index >= 15 is 0 Å². The molecule has 5 nitrogen and oxygen atoms in total. The first-order chi connectivity index (χ1) is 9.99. The van der Waals surface area contributed by atoms with Crippen LogP contribution in [0.3, 0.4) is 0 Å². The first-order valence-corrected chi connectivity index (χ1v) is 8.36. The summed E-state index contributed by atoms with van der Waals surface area (Å²) in [6.07, 6.45) is 2.62. The van der Waals surface area contributed by atoms with Gasteiger partial charge in [-0.05, 0) is 45.3 Å². The molecule has 1 fully saturated rings. The molecule has 2 N–H and O–H groups in total. The lowest BCUT2D eigenvalue weighted by atomic mass is 10.1. The van der Waals surface area contributed by atoms with Gasteiger partial charge in [0.2, 0.25) is 5.91 Å². The van der Waals surface area contributed by atoms with Gasteiger partial charge in [0.15, 0.2) is 3.95 Å². The Kier molecular flexibility index (Phi) is 5.52. The van der Waals surface area contributed by atoms with Crippen molar-refractivity contribution in [3.8, 4) is 0 Å². The van der Waals surface area contributed by atoms with Crippen molar-refractivity contribution in [2.24, 2.45) is 5.92 Å². The molecule has 1 amide bonds. The van der Waals surface area contributed by atoms with Crippen molar-refractivity contribution < 1.29 is 14.3 Å². The number of ether oxygens (including phenoxy) is 1. The Bertz CT molecular complexity index is 579. The number of esters is 1. The van der Waals surface area contributed by atoms with E-state index in [-0.39, 0.29) is 23.8 Å². The fourth-order valence-electron chi connectivity index (χ4n) is 2.62. The number of aryl methyl sites for hydroxylation is 1. The second kappa shape index (κ2) is 7.17. The maximum Gasteiger partial charge on any atom is 0.308 e. The minimum Gasteiger partial charge on any atom is -0.466 e. The molecule has 0 aliphatic heterocycles. The molecule has 1 saturated carbocycles. The molecule has 2 rings (SSSR count). The highest BCUT2D eigenvalue weighted by Crippen LogP contribution is 2.27. The average molecular weight is 328 g/mol. The number of carbonyl (C=O) groups is 2. The maximum absolute atomic E-state index is 12.1. The smallest absolute Gasteiger partial charge is 0.308 e. The zero-order valence-corrected chi connectivity index (χ0v) is 13.9. The molecule has 0 aromatic carbocycles. The van der Waals surface area contributed by atoms with Crippen LogP contribution in [0.5, 0.6) is 0 Å². The Hall–Kier alpha value is -1.21. The van der Waals surface area contributed by atoms with E-state index in [0.29, 0.717) is 23.4 Å². The number of thiazole rings is 1. The van der Waals surface area contributed by atoms with Crippen LogP contribution in [0.4, 0.5) is 0 Å². The molecule has 1 aromatic heterocycles. The van der Waals surface area contributed by atoms with Crippen LogP contribution in [-0.4, -0.2) is 29.5 Å². The number of H-pyrrole nitrogens is 1. The van der Waals surface area contributed by atoms with E-state index in [1.54, 1.807) is 6.92 Å². The van der Waals surface area contributed by atoms with Crippen molar-refractivity contribution in [2.45, 2.75) is 45.6 Å². The van der Waals surface area contributed by atoms with Crippen LogP contribution in [-0.2, 0) is 20.7 Å². The fourth-order valence-corrected chi connectivity index (χ4v) is 3.91. The summed E-state index contributed by atoms with van der Waals surface area (Å²) in [4.78, 5) is 27.7. The Balaban J connectivity index is 1.83. The number of aromatic nitrogens is 1. The van der Waals surface area contributed by atoms with Crippen LogP contribution in [0.15, 0.2) is 0 Å². The summed E-state index contributed by atoms with van der Waals surface area (Å²) in [5.74, 6) is -0.238. The molecule has 1 aromatic rings. The zero-order valence-electron chi connectivity index (χ0n) is 12.2. The summed E-state index contributed by atoms with van der Waals surface area (Å²) >= 11 is 6.50. The monoisotopic (exact) mass is 328 g/mol. The number of carbonyl (C=O) groups excluding carboxylic acids is 2. The molecule has 21 heavy (non-hydrogen) atoms. The first kappa shape index (κ1) is 16.2. The van der Waals surface area contributed by atoms with Gasteiger partial charge >= 0.3 is 5.97 Å². The van der Waals surface area contributed by atoms with Crippen molar-refractivity contribution in [3.63, 3.8) is 0 Å². The summed E-state index contributed by atoms with van der Waals surface area (Å²) < 4.78 is 5.72. The molecule has 1 heterocycles. The second-order valence-electron chi connectivity index (χ2n) is 5.27. The van der Waals surface area contributed by atoms with Gasteiger partial charge in [-0.25, -0.2) is 0 Å². The zero-order chi connectivity index (χ0) is 15.4. The molecule has 0 unspecified atom stereocenters. The van der Waals surface area contributed by atoms with Crippen LogP contribution >= 0.6 is 23.6 Å². The van der Waals surface area contributed by atoms with E-state index in [1.165, 1.54) is 11.3 Å². The van der Waals surface area contributed by atoms with Crippen molar-refractivity contribution in [2.75, 3.05) is 6.61 Å². The molecule has 116 valence electrons. The predicted molar refractivity (Wildman–Crippen MR) is 83.8 cm³/mol. The second-order valence-corrected chi connectivity index (χ2v) is 7.04. The normalized spacial score (nSPS) is 21.2. The third kappa shape index (κ3) is 4.38. The number of aromatic amines is 1. The Labute approximate surface area is 133 Å². The highest BCUT2D eigenvalue weighted by atomic mass is 32.1. The fraction of sp³-hybridized carbons (Fsp3) is 0.643. The predicted octanol–water partition coefficient (Wildman–Crippen LogP) is 2.50. The highest BCUT2D eigenvalue weighted by molar-refractivity contribution is 7.73. The van der Waals surface area contributed by atoms with Crippen molar-refractivity contribution in [1.82, 2.24) is 10.3 Å². The largest absolute Gasteiger partial charge is 0.466 e. The summed E-state index contributed by atoms with van der Waals surface area (Å²) in [5, 5.41) is 3.00. The highest BCUT2D eigenvalue weighted by Gasteiger charge is 2.31. The van der Waals surface area contributed by atoms with Gasteiger partial charge in [0, 0.05) is 16.6 Å². The van der Waals surface area contributed by atoms with Crippen molar-refractivity contribution >= 4 is 35.4 Å². The van der Waals surface area contributed by atoms with Gasteiger partial charge in [0.1, 0.15) is 0 Å². The molecule has 0 saturated heterocycles. The lowest BCUT2D eigenvalue weighted by Gasteiger charge is -2.13. The van der Waals surface area contributed by atoms with Gasteiger partial charge in [-0.15, -0.1) is 11.3 Å². The lowest BCUT2D eigenvalue weighted by molar-refractivity contribution is -0.147. The van der Waals surface area contributed by atoms with Gasteiger partial charge in [-0.2, -0.15) is 0 Å². The number of hydrogen-bond donors (Lipinski definition) is 2. The number of nitrogens with one attached hydrogen (secondary N) is 2. The van der Waals surface area contributed by atoms with Crippen LogP contribution in [0.2, 0.25) is 0 Å². The van der Waals surface area contributed by atoms with E-state index in [1.807, 2.05) is 6.92 Å². The molecule has 0 radical (unpaired) electrons. The SMILES string of the molecule is CCOC(=O)[C@@H]1CC[C@H](NC(=O)Cc2sc(=S)[nH]c2C)C1. The number of rotatable bonds is 5. The van der Waals surface area contributed by atoms with Gasteiger partial charge in [0.25, 0.3) is 0 Å². The van der Waals surface area contributed by atoms with Gasteiger partial charge in [-0.3, -0.25) is 9.59 Å². The van der Waals surface area contributed by atoms with E-state index in [0.717, 1.165) is 23.4 Å². The van der Waals surface area contributed by atoms with Gasteiger partial charge in [-0.1, -0.05) is 0 Å². The standard InChI is InChI=1S/C14H20N2O3S2/c1-3-19-13(18)9-4-5-10(6-9)16-12(17)7-11-8(2)15-14(20)21-11/h9-10H,3-7H2,1-2H3,(H,15,20)(H,16,17)/t9-,10+/m1/s1. The molecule has 1 aliphatic rings. The van der Waals surface area contributed by atoms with E-state index in [2.05, 4.69) is 10.3 Å². The Morgan fingerprint density at radius 2 is 2.24 bits per heavy atom. The number of amides is 1. The van der Waals surface area contributed by atoms with E-state index < -0.39 is 0 Å². The average Bonchev–Trinajstić information content (AvgIpc) is 2.97. The van der Waals surface area contributed by atoms with Crippen molar-refractivity contribution in [3.05, 3.63) is 14.5 Å². The van der Waals surface area contributed by atoms with E-state index in [4.69, 9.17) is 17.0 Å². The Morgan fingerprint density at radius 1 is 1.48 bits per heavy atom. The quantitative estimate of drug-likeness (QED) is 0.643. The third-order valence-electron chi connectivity index (χ3n) is 3.66. The van der Waals surface area contributed by atoms with E-state index in [9.17, 15) is 9.59 Å². The number of hydrogen-bond acceptors (Lipinski definition) is 5. The molecule has 1 aliphatic carbocycles. The van der Waals surface area contributed by atoms with Gasteiger partial charge in [0.05, 0.1) is 18.9 Å². The minimum absolute atomic E-state index is 0.0159. The Morgan fingerprint density at radius 3 is 2.86 bits per heavy atom. The van der Waals surface area contributed by atoms with Crippen LogP contribution in [0, 0.1) is 16.8 Å². The van der Waals surface area contributed by atoms with Crippen LogP contribution in [0.1, 0.15) is 36.8 Å².